The van der Waals surface area contributed by atoms with Gasteiger partial charge in [0.2, 0.25) is 11.8 Å². The lowest BCUT2D eigenvalue weighted by Gasteiger charge is -2.36. The quantitative estimate of drug-likeness (QED) is 0.780. The number of hydrogen-bond acceptors (Lipinski definition) is 3. The maximum atomic E-state index is 12.3. The fourth-order valence-electron chi connectivity index (χ4n) is 2.74. The fourth-order valence-corrected chi connectivity index (χ4v) is 2.74. The predicted octanol–water partition coefficient (Wildman–Crippen LogP) is 0.535. The van der Waals surface area contributed by atoms with E-state index in [1.807, 2.05) is 6.92 Å². The van der Waals surface area contributed by atoms with E-state index in [-0.39, 0.29) is 35.7 Å². The Hall–Kier alpha value is -0.810. The van der Waals surface area contributed by atoms with Gasteiger partial charge in [-0.25, -0.2) is 0 Å². The van der Waals surface area contributed by atoms with Gasteiger partial charge in [-0.3, -0.25) is 9.59 Å². The predicted molar refractivity (Wildman–Crippen MR) is 76.3 cm³/mol. The van der Waals surface area contributed by atoms with E-state index in [1.165, 1.54) is 0 Å². The van der Waals surface area contributed by atoms with E-state index in [0.29, 0.717) is 13.0 Å². The molecule has 0 aromatic rings. The highest BCUT2D eigenvalue weighted by atomic mass is 35.5. The second kappa shape index (κ2) is 6.57. The van der Waals surface area contributed by atoms with Crippen LogP contribution < -0.4 is 10.6 Å². The molecular formula is C13H24ClN3O2. The van der Waals surface area contributed by atoms with Crippen LogP contribution in [0.4, 0.5) is 0 Å². The molecule has 6 heteroatoms. The van der Waals surface area contributed by atoms with Crippen LogP contribution in [-0.4, -0.2) is 49.4 Å². The highest BCUT2D eigenvalue weighted by Crippen LogP contribution is 2.26. The molecule has 2 rings (SSSR count). The first-order valence-electron chi connectivity index (χ1n) is 6.77. The second-order valence-electron chi connectivity index (χ2n) is 5.82. The number of rotatable bonds is 2. The van der Waals surface area contributed by atoms with Crippen LogP contribution in [0, 0.1) is 5.41 Å². The molecule has 2 saturated heterocycles. The summed E-state index contributed by atoms with van der Waals surface area (Å²) in [5.74, 6) is 0.300. The molecular weight excluding hydrogens is 266 g/mol. The van der Waals surface area contributed by atoms with Crippen molar-refractivity contribution >= 4 is 24.2 Å². The molecule has 2 atom stereocenters. The fraction of sp³-hybridized carbons (Fsp3) is 0.846. The molecule has 0 radical (unpaired) electrons. The summed E-state index contributed by atoms with van der Waals surface area (Å²) in [7, 11) is 1.80. The van der Waals surface area contributed by atoms with Crippen molar-refractivity contribution < 1.29 is 9.59 Å². The average molecular weight is 290 g/mol. The van der Waals surface area contributed by atoms with Gasteiger partial charge in [-0.1, -0.05) is 0 Å². The van der Waals surface area contributed by atoms with Gasteiger partial charge in [0.05, 0.1) is 5.41 Å². The minimum absolute atomic E-state index is 0. The molecule has 19 heavy (non-hydrogen) atoms. The molecule has 2 amide bonds. The van der Waals surface area contributed by atoms with E-state index in [2.05, 4.69) is 10.6 Å². The molecule has 0 bridgehead atoms. The Morgan fingerprint density at radius 1 is 1.53 bits per heavy atom. The number of nitrogens with one attached hydrogen (secondary N) is 2. The Labute approximate surface area is 120 Å². The zero-order valence-corrected chi connectivity index (χ0v) is 12.5. The van der Waals surface area contributed by atoms with Crippen LogP contribution in [0.5, 0.6) is 0 Å². The first-order chi connectivity index (χ1) is 8.51. The number of piperidine rings is 2. The third kappa shape index (κ3) is 3.83. The molecule has 2 N–H and O–H groups in total. The number of likely N-dealkylation sites (N-methyl/N-ethyl adjacent to an activating group) is 1. The number of carbonyl (C=O) groups excluding carboxylic acids is 2. The van der Waals surface area contributed by atoms with E-state index in [9.17, 15) is 9.59 Å². The Kier molecular flexibility index (Phi) is 5.62. The van der Waals surface area contributed by atoms with Crippen molar-refractivity contribution in [2.45, 2.75) is 38.6 Å². The molecule has 0 aromatic carbocycles. The van der Waals surface area contributed by atoms with Crippen LogP contribution in [0.2, 0.25) is 0 Å². The SMILES string of the molecule is CN1CC(NC(=O)C2(C)CCCNC2)CCC1=O.Cl. The molecule has 2 fully saturated rings. The van der Waals surface area contributed by atoms with Crippen molar-refractivity contribution in [3.8, 4) is 0 Å². The number of likely N-dealkylation sites (tertiary alicyclic amines) is 1. The molecule has 110 valence electrons. The monoisotopic (exact) mass is 289 g/mol. The van der Waals surface area contributed by atoms with Crippen molar-refractivity contribution in [2.75, 3.05) is 26.7 Å². The smallest absolute Gasteiger partial charge is 0.227 e. The van der Waals surface area contributed by atoms with Gasteiger partial charge in [0.15, 0.2) is 0 Å². The van der Waals surface area contributed by atoms with E-state index < -0.39 is 0 Å². The molecule has 5 nitrogen and oxygen atoms in total. The normalized spacial score (nSPS) is 31.6. The number of carbonyl (C=O) groups is 2. The first-order valence-corrected chi connectivity index (χ1v) is 6.77. The first kappa shape index (κ1) is 16.2. The summed E-state index contributed by atoms with van der Waals surface area (Å²) in [5, 5.41) is 6.39. The summed E-state index contributed by atoms with van der Waals surface area (Å²) in [6, 6.07) is 0.110. The van der Waals surface area contributed by atoms with Gasteiger partial charge in [-0.15, -0.1) is 12.4 Å². The molecule has 0 aliphatic carbocycles. The lowest BCUT2D eigenvalue weighted by atomic mass is 9.81. The van der Waals surface area contributed by atoms with Crippen LogP contribution in [0.15, 0.2) is 0 Å². The standard InChI is InChI=1S/C13H23N3O2.ClH/c1-13(6-3-7-14-9-13)12(18)15-10-4-5-11(17)16(2)8-10;/h10,14H,3-9H2,1-2H3,(H,15,18);1H. The van der Waals surface area contributed by atoms with Gasteiger partial charge >= 0.3 is 0 Å². The van der Waals surface area contributed by atoms with E-state index in [1.54, 1.807) is 11.9 Å². The third-order valence-corrected chi connectivity index (χ3v) is 4.11. The largest absolute Gasteiger partial charge is 0.351 e. The molecule has 0 spiro atoms. The maximum absolute atomic E-state index is 12.3. The van der Waals surface area contributed by atoms with Gasteiger partial charge < -0.3 is 15.5 Å². The summed E-state index contributed by atoms with van der Waals surface area (Å²) in [6.45, 7) is 4.41. The van der Waals surface area contributed by atoms with Crippen molar-refractivity contribution in [3.05, 3.63) is 0 Å². The molecule has 2 unspecified atom stereocenters. The van der Waals surface area contributed by atoms with Gasteiger partial charge in [-0.2, -0.15) is 0 Å². The Bertz CT molecular complexity index is 343. The van der Waals surface area contributed by atoms with Crippen LogP contribution in [0.3, 0.4) is 0 Å². The molecule has 2 heterocycles. The summed E-state index contributed by atoms with van der Waals surface area (Å²) in [6.07, 6.45) is 3.29. The van der Waals surface area contributed by atoms with Crippen LogP contribution in [0.25, 0.3) is 0 Å². The summed E-state index contributed by atoms with van der Waals surface area (Å²) in [5.41, 5.74) is -0.293. The molecule has 0 saturated carbocycles. The molecule has 2 aliphatic heterocycles. The van der Waals surface area contributed by atoms with Gasteiger partial charge in [0, 0.05) is 32.6 Å². The van der Waals surface area contributed by atoms with Crippen molar-refractivity contribution in [3.63, 3.8) is 0 Å². The second-order valence-corrected chi connectivity index (χ2v) is 5.82. The lowest BCUT2D eigenvalue weighted by molar-refractivity contribution is -0.136. The van der Waals surface area contributed by atoms with E-state index in [4.69, 9.17) is 0 Å². The number of halogens is 1. The zero-order chi connectivity index (χ0) is 13.2. The molecule has 2 aliphatic rings. The van der Waals surface area contributed by atoms with Crippen molar-refractivity contribution in [2.24, 2.45) is 5.41 Å². The highest BCUT2D eigenvalue weighted by Gasteiger charge is 2.36. The van der Waals surface area contributed by atoms with Gasteiger partial charge in [0.25, 0.3) is 0 Å². The van der Waals surface area contributed by atoms with Crippen LogP contribution in [0.1, 0.15) is 32.6 Å². The Balaban J connectivity index is 0.00000180. The molecule has 0 aromatic heterocycles. The number of hydrogen-bond donors (Lipinski definition) is 2. The third-order valence-electron chi connectivity index (χ3n) is 4.11. The highest BCUT2D eigenvalue weighted by molar-refractivity contribution is 5.85. The average Bonchev–Trinajstić information content (AvgIpc) is 2.35. The summed E-state index contributed by atoms with van der Waals surface area (Å²) >= 11 is 0. The maximum Gasteiger partial charge on any atom is 0.227 e. The van der Waals surface area contributed by atoms with E-state index in [0.717, 1.165) is 32.4 Å². The van der Waals surface area contributed by atoms with E-state index >= 15 is 0 Å². The number of amides is 2. The van der Waals surface area contributed by atoms with Crippen molar-refractivity contribution in [1.29, 1.82) is 0 Å². The minimum Gasteiger partial charge on any atom is -0.351 e. The Morgan fingerprint density at radius 3 is 2.84 bits per heavy atom. The van der Waals surface area contributed by atoms with Gasteiger partial charge in [-0.05, 0) is 32.7 Å². The van der Waals surface area contributed by atoms with Crippen LogP contribution >= 0.6 is 12.4 Å². The lowest BCUT2D eigenvalue weighted by Crippen LogP contribution is -2.55. The number of nitrogens with zero attached hydrogens (tertiary/aromatic N) is 1. The van der Waals surface area contributed by atoms with Crippen molar-refractivity contribution in [1.82, 2.24) is 15.5 Å². The Morgan fingerprint density at radius 2 is 2.26 bits per heavy atom. The zero-order valence-electron chi connectivity index (χ0n) is 11.7. The van der Waals surface area contributed by atoms with Crippen LogP contribution in [-0.2, 0) is 9.59 Å². The topological polar surface area (TPSA) is 61.4 Å². The van der Waals surface area contributed by atoms with Gasteiger partial charge in [0.1, 0.15) is 0 Å². The summed E-state index contributed by atoms with van der Waals surface area (Å²) < 4.78 is 0. The summed E-state index contributed by atoms with van der Waals surface area (Å²) in [4.78, 5) is 25.4. The minimum atomic E-state index is -0.293.